The lowest BCUT2D eigenvalue weighted by molar-refractivity contribution is 0.481. The lowest BCUT2D eigenvalue weighted by Crippen LogP contribution is -2.23. The fourth-order valence-electron chi connectivity index (χ4n) is 3.20. The molecule has 0 N–H and O–H groups in total. The Kier molecular flexibility index (Phi) is 4.30. The van der Waals surface area contributed by atoms with Gasteiger partial charge in [-0.1, -0.05) is 63.3 Å². The van der Waals surface area contributed by atoms with Gasteiger partial charge < -0.3 is 4.90 Å². The molecule has 0 atom stereocenters. The van der Waals surface area contributed by atoms with Crippen molar-refractivity contribution in [3.63, 3.8) is 0 Å². The number of benzene rings is 1. The molecule has 1 aliphatic heterocycles. The first-order chi connectivity index (χ1) is 10.9. The highest BCUT2D eigenvalue weighted by Gasteiger charge is 2.21. The van der Waals surface area contributed by atoms with E-state index >= 15 is 0 Å². The molecule has 1 heterocycles. The van der Waals surface area contributed by atoms with Gasteiger partial charge >= 0.3 is 0 Å². The molecule has 1 aromatic carbocycles. The maximum absolute atomic E-state index is 2.36. The maximum Gasteiger partial charge on any atom is 0.0443 e. The van der Waals surface area contributed by atoms with Crippen LogP contribution in [-0.2, 0) is 0 Å². The standard InChI is InChI=1S/C22H27N/c1-22(2,3)20-13-14-23(4)21(16-20)19-12-8-11-18(15-19)17-9-6-5-7-10-17/h5-6,8-9,11-13,15-16H,7,10,14H2,1-4H3. The number of likely N-dealkylation sites (N-methyl/N-ethyl adjacent to an activating group) is 1. The summed E-state index contributed by atoms with van der Waals surface area (Å²) < 4.78 is 0. The third-order valence-electron chi connectivity index (χ3n) is 4.70. The van der Waals surface area contributed by atoms with Gasteiger partial charge in [-0.15, -0.1) is 0 Å². The maximum atomic E-state index is 2.36. The summed E-state index contributed by atoms with van der Waals surface area (Å²) in [6.45, 7) is 7.84. The Bertz CT molecular complexity index is 708. The molecule has 0 bridgehead atoms. The number of hydrogen-bond donors (Lipinski definition) is 0. The van der Waals surface area contributed by atoms with Crippen molar-refractivity contribution in [2.24, 2.45) is 5.41 Å². The Morgan fingerprint density at radius 3 is 2.57 bits per heavy atom. The Labute approximate surface area is 140 Å². The molecule has 1 heteroatoms. The molecule has 1 aliphatic carbocycles. The molecular weight excluding hydrogens is 278 g/mol. The molecule has 0 saturated carbocycles. The van der Waals surface area contributed by atoms with Crippen molar-refractivity contribution in [2.45, 2.75) is 33.6 Å². The van der Waals surface area contributed by atoms with Gasteiger partial charge in [-0.3, -0.25) is 0 Å². The SMILES string of the molecule is CN1CC=C(C(C)(C)C)C=C1c1cccc(C2=CC=CCC2)c1. The first kappa shape index (κ1) is 15.9. The predicted octanol–water partition coefficient (Wildman–Crippen LogP) is 5.68. The largest absolute Gasteiger partial charge is 0.370 e. The van der Waals surface area contributed by atoms with Crippen LogP contribution in [0.25, 0.3) is 11.3 Å². The Hall–Kier alpha value is -2.02. The summed E-state index contributed by atoms with van der Waals surface area (Å²) in [7, 11) is 2.18. The second kappa shape index (κ2) is 6.23. The second-order valence-electron chi connectivity index (χ2n) is 7.56. The highest BCUT2D eigenvalue weighted by Crippen LogP contribution is 2.34. The van der Waals surface area contributed by atoms with Crippen molar-refractivity contribution >= 4 is 11.3 Å². The summed E-state index contributed by atoms with van der Waals surface area (Å²) in [6, 6.07) is 9.00. The quantitative estimate of drug-likeness (QED) is 0.679. The lowest BCUT2D eigenvalue weighted by atomic mass is 9.83. The Balaban J connectivity index is 1.97. The molecule has 3 rings (SSSR count). The minimum atomic E-state index is 0.195. The summed E-state index contributed by atoms with van der Waals surface area (Å²) in [6.07, 6.45) is 13.7. The van der Waals surface area contributed by atoms with E-state index in [4.69, 9.17) is 0 Å². The molecule has 120 valence electrons. The van der Waals surface area contributed by atoms with E-state index in [-0.39, 0.29) is 5.41 Å². The van der Waals surface area contributed by atoms with Gasteiger partial charge in [-0.05, 0) is 52.7 Å². The molecule has 23 heavy (non-hydrogen) atoms. The van der Waals surface area contributed by atoms with Crippen LogP contribution in [0.1, 0.15) is 44.7 Å². The van der Waals surface area contributed by atoms with Crippen LogP contribution in [0.5, 0.6) is 0 Å². The number of nitrogens with zero attached hydrogens (tertiary/aromatic N) is 1. The molecule has 1 nitrogen and oxygen atoms in total. The molecule has 1 aromatic rings. The van der Waals surface area contributed by atoms with Gasteiger partial charge in [-0.2, -0.15) is 0 Å². The van der Waals surface area contributed by atoms with Crippen LogP contribution in [0.15, 0.2) is 60.2 Å². The zero-order valence-corrected chi connectivity index (χ0v) is 14.8. The van der Waals surface area contributed by atoms with E-state index < -0.39 is 0 Å². The lowest BCUT2D eigenvalue weighted by Gasteiger charge is -2.31. The minimum absolute atomic E-state index is 0.195. The van der Waals surface area contributed by atoms with E-state index in [0.29, 0.717) is 0 Å². The zero-order valence-electron chi connectivity index (χ0n) is 14.8. The molecule has 2 aliphatic rings. The average Bonchev–Trinajstić information content (AvgIpc) is 2.55. The van der Waals surface area contributed by atoms with Crippen molar-refractivity contribution in [2.75, 3.05) is 13.6 Å². The molecule has 0 aromatic heterocycles. The van der Waals surface area contributed by atoms with Crippen LogP contribution in [0, 0.1) is 5.41 Å². The van der Waals surface area contributed by atoms with E-state index in [0.717, 1.165) is 19.4 Å². The molecule has 0 unspecified atom stereocenters. The fourth-order valence-corrected chi connectivity index (χ4v) is 3.20. The van der Waals surface area contributed by atoms with Gasteiger partial charge in [0.05, 0.1) is 0 Å². The number of allylic oxidation sites excluding steroid dienone is 6. The predicted molar refractivity (Wildman–Crippen MR) is 101 cm³/mol. The van der Waals surface area contributed by atoms with Crippen LogP contribution in [0.3, 0.4) is 0 Å². The van der Waals surface area contributed by atoms with Crippen molar-refractivity contribution in [3.05, 3.63) is 71.3 Å². The zero-order chi connectivity index (χ0) is 16.4. The van der Waals surface area contributed by atoms with Gasteiger partial charge in [-0.25, -0.2) is 0 Å². The molecule has 0 amide bonds. The van der Waals surface area contributed by atoms with Crippen LogP contribution < -0.4 is 0 Å². The second-order valence-corrected chi connectivity index (χ2v) is 7.56. The van der Waals surface area contributed by atoms with Gasteiger partial charge in [0, 0.05) is 19.3 Å². The summed E-state index contributed by atoms with van der Waals surface area (Å²) in [5.74, 6) is 0. The van der Waals surface area contributed by atoms with Crippen molar-refractivity contribution in [1.29, 1.82) is 0 Å². The van der Waals surface area contributed by atoms with Crippen molar-refractivity contribution in [1.82, 2.24) is 4.90 Å². The Morgan fingerprint density at radius 1 is 1.09 bits per heavy atom. The average molecular weight is 305 g/mol. The summed E-state index contributed by atoms with van der Waals surface area (Å²) in [4.78, 5) is 2.34. The summed E-state index contributed by atoms with van der Waals surface area (Å²) >= 11 is 0. The van der Waals surface area contributed by atoms with Gasteiger partial charge in [0.25, 0.3) is 0 Å². The summed E-state index contributed by atoms with van der Waals surface area (Å²) in [5, 5.41) is 0. The molecule has 0 saturated heterocycles. The molecule has 0 fully saturated rings. The van der Waals surface area contributed by atoms with E-state index in [1.807, 2.05) is 0 Å². The smallest absolute Gasteiger partial charge is 0.0443 e. The van der Waals surface area contributed by atoms with Crippen LogP contribution in [-0.4, -0.2) is 18.5 Å². The van der Waals surface area contributed by atoms with Gasteiger partial charge in [0.2, 0.25) is 0 Å². The molecule has 0 radical (unpaired) electrons. The summed E-state index contributed by atoms with van der Waals surface area (Å²) in [5.41, 5.74) is 7.06. The number of rotatable bonds is 2. The van der Waals surface area contributed by atoms with Gasteiger partial charge in [0.15, 0.2) is 0 Å². The van der Waals surface area contributed by atoms with E-state index in [1.54, 1.807) is 0 Å². The van der Waals surface area contributed by atoms with E-state index in [1.165, 1.54) is 28.0 Å². The van der Waals surface area contributed by atoms with Gasteiger partial charge in [0.1, 0.15) is 0 Å². The Morgan fingerprint density at radius 2 is 1.87 bits per heavy atom. The molecule has 0 spiro atoms. The van der Waals surface area contributed by atoms with E-state index in [2.05, 4.69) is 87.4 Å². The fraction of sp³-hybridized carbons (Fsp3) is 0.364. The number of hydrogen-bond acceptors (Lipinski definition) is 1. The monoisotopic (exact) mass is 305 g/mol. The minimum Gasteiger partial charge on any atom is -0.370 e. The van der Waals surface area contributed by atoms with Crippen LogP contribution in [0.4, 0.5) is 0 Å². The topological polar surface area (TPSA) is 3.24 Å². The van der Waals surface area contributed by atoms with Crippen LogP contribution >= 0.6 is 0 Å². The van der Waals surface area contributed by atoms with Crippen molar-refractivity contribution in [3.8, 4) is 0 Å². The third kappa shape index (κ3) is 3.50. The highest BCUT2D eigenvalue weighted by atomic mass is 15.1. The third-order valence-corrected chi connectivity index (χ3v) is 4.70. The van der Waals surface area contributed by atoms with Crippen molar-refractivity contribution < 1.29 is 0 Å². The first-order valence-electron chi connectivity index (χ1n) is 8.55. The molecular formula is C22H27N. The highest BCUT2D eigenvalue weighted by molar-refractivity contribution is 5.74. The normalized spacial score (nSPS) is 18.4. The van der Waals surface area contributed by atoms with Crippen LogP contribution in [0.2, 0.25) is 0 Å². The first-order valence-corrected chi connectivity index (χ1v) is 8.55. The van der Waals surface area contributed by atoms with E-state index in [9.17, 15) is 0 Å².